The number of thiophene rings is 1. The molecule has 1 amide bonds. The average Bonchev–Trinajstić information content (AvgIpc) is 3.25. The Bertz CT molecular complexity index is 958. The van der Waals surface area contributed by atoms with E-state index in [1.165, 1.54) is 54.8 Å². The summed E-state index contributed by atoms with van der Waals surface area (Å²) in [4.78, 5) is 15.8. The van der Waals surface area contributed by atoms with E-state index in [-0.39, 0.29) is 5.91 Å². The van der Waals surface area contributed by atoms with Gasteiger partial charge in [0.05, 0.1) is 4.88 Å². The molecule has 1 saturated heterocycles. The number of carbonyl (C=O) groups is 1. The Morgan fingerprint density at radius 1 is 1.00 bits per heavy atom. The lowest BCUT2D eigenvalue weighted by molar-refractivity contribution is 0.103. The maximum Gasteiger partial charge on any atom is 0.265 e. The van der Waals surface area contributed by atoms with Crippen molar-refractivity contribution in [3.63, 3.8) is 0 Å². The van der Waals surface area contributed by atoms with E-state index in [1.807, 2.05) is 47.8 Å². The average molecular weight is 421 g/mol. The lowest BCUT2D eigenvalue weighted by Crippen LogP contribution is -2.29. The van der Waals surface area contributed by atoms with Crippen molar-refractivity contribution in [3.05, 3.63) is 81.5 Å². The van der Waals surface area contributed by atoms with Crippen LogP contribution in [0.5, 0.6) is 5.75 Å². The molecule has 0 radical (unpaired) electrons. The molecule has 0 atom stereocenters. The van der Waals surface area contributed by atoms with E-state index in [4.69, 9.17) is 4.74 Å². The standard InChI is InChI=1S/C25H28N2O2S/c1-19-5-11-23(12-6-19)29-17-21-15-24(30-18-21)25(28)26-22-9-7-20(8-10-22)16-27-13-3-2-4-14-27/h5-12,15,18H,2-4,13-14,16-17H2,1H3,(H,26,28). The van der Waals surface area contributed by atoms with Gasteiger partial charge in [0.15, 0.2) is 0 Å². The number of ether oxygens (including phenoxy) is 1. The van der Waals surface area contributed by atoms with Gasteiger partial charge in [0.1, 0.15) is 12.4 Å². The molecule has 0 saturated carbocycles. The van der Waals surface area contributed by atoms with E-state index >= 15 is 0 Å². The Labute approximate surface area is 182 Å². The van der Waals surface area contributed by atoms with Crippen molar-refractivity contribution in [3.8, 4) is 5.75 Å². The second-order valence-corrected chi connectivity index (χ2v) is 8.82. The summed E-state index contributed by atoms with van der Waals surface area (Å²) in [5.74, 6) is 0.757. The Morgan fingerprint density at radius 3 is 2.47 bits per heavy atom. The normalized spacial score (nSPS) is 14.4. The second-order valence-electron chi connectivity index (χ2n) is 7.91. The van der Waals surface area contributed by atoms with Gasteiger partial charge in [-0.1, -0.05) is 36.2 Å². The maximum atomic E-state index is 12.6. The highest BCUT2D eigenvalue weighted by molar-refractivity contribution is 7.12. The zero-order valence-corrected chi connectivity index (χ0v) is 18.2. The minimum Gasteiger partial charge on any atom is -0.489 e. The van der Waals surface area contributed by atoms with Crippen LogP contribution in [-0.2, 0) is 13.2 Å². The van der Waals surface area contributed by atoms with Gasteiger partial charge >= 0.3 is 0 Å². The van der Waals surface area contributed by atoms with Crippen molar-refractivity contribution in [2.75, 3.05) is 18.4 Å². The number of nitrogens with zero attached hydrogens (tertiary/aromatic N) is 1. The Morgan fingerprint density at radius 2 is 1.73 bits per heavy atom. The molecule has 1 aromatic heterocycles. The molecule has 156 valence electrons. The molecule has 4 rings (SSSR count). The van der Waals surface area contributed by atoms with Gasteiger partial charge in [-0.05, 0) is 74.1 Å². The Hall–Kier alpha value is -2.63. The van der Waals surface area contributed by atoms with Crippen LogP contribution in [0.3, 0.4) is 0 Å². The van der Waals surface area contributed by atoms with Crippen molar-refractivity contribution in [2.24, 2.45) is 0 Å². The molecule has 0 aliphatic carbocycles. The lowest BCUT2D eigenvalue weighted by atomic mass is 10.1. The van der Waals surface area contributed by atoms with Crippen LogP contribution in [0.1, 0.15) is 45.6 Å². The summed E-state index contributed by atoms with van der Waals surface area (Å²) in [6.45, 7) is 5.87. The number of likely N-dealkylation sites (tertiary alicyclic amines) is 1. The van der Waals surface area contributed by atoms with Gasteiger partial charge in [0.25, 0.3) is 5.91 Å². The highest BCUT2D eigenvalue weighted by Crippen LogP contribution is 2.20. The van der Waals surface area contributed by atoms with E-state index in [2.05, 4.69) is 29.3 Å². The third-order valence-corrected chi connectivity index (χ3v) is 6.35. The number of amides is 1. The Balaban J connectivity index is 1.28. The highest BCUT2D eigenvalue weighted by atomic mass is 32.1. The van der Waals surface area contributed by atoms with Gasteiger partial charge in [0, 0.05) is 17.8 Å². The summed E-state index contributed by atoms with van der Waals surface area (Å²) in [7, 11) is 0. The van der Waals surface area contributed by atoms with E-state index in [0.29, 0.717) is 11.5 Å². The zero-order chi connectivity index (χ0) is 20.8. The van der Waals surface area contributed by atoms with Gasteiger partial charge in [-0.25, -0.2) is 0 Å². The largest absolute Gasteiger partial charge is 0.489 e. The fourth-order valence-corrected chi connectivity index (χ4v) is 4.43. The predicted molar refractivity (Wildman–Crippen MR) is 123 cm³/mol. The van der Waals surface area contributed by atoms with E-state index in [9.17, 15) is 4.79 Å². The van der Waals surface area contributed by atoms with Crippen LogP contribution < -0.4 is 10.1 Å². The van der Waals surface area contributed by atoms with Gasteiger partial charge in [-0.2, -0.15) is 0 Å². The molecule has 0 spiro atoms. The molecule has 1 aliphatic heterocycles. The van der Waals surface area contributed by atoms with Crippen LogP contribution in [0.2, 0.25) is 0 Å². The zero-order valence-electron chi connectivity index (χ0n) is 17.4. The molecule has 0 bridgehead atoms. The van der Waals surface area contributed by atoms with Crippen molar-refractivity contribution < 1.29 is 9.53 Å². The molecule has 1 fully saturated rings. The molecular formula is C25H28N2O2S. The summed E-state index contributed by atoms with van der Waals surface area (Å²) in [6, 6.07) is 18.1. The van der Waals surface area contributed by atoms with Crippen LogP contribution in [0, 0.1) is 6.92 Å². The number of benzene rings is 2. The number of hydrogen-bond acceptors (Lipinski definition) is 4. The van der Waals surface area contributed by atoms with Crippen LogP contribution in [-0.4, -0.2) is 23.9 Å². The van der Waals surface area contributed by atoms with Crippen LogP contribution in [0.25, 0.3) is 0 Å². The third kappa shape index (κ3) is 5.71. The van der Waals surface area contributed by atoms with Crippen LogP contribution >= 0.6 is 11.3 Å². The molecule has 4 nitrogen and oxygen atoms in total. The molecule has 30 heavy (non-hydrogen) atoms. The van der Waals surface area contributed by atoms with Gasteiger partial charge < -0.3 is 10.1 Å². The molecule has 1 aliphatic rings. The van der Waals surface area contributed by atoms with E-state index < -0.39 is 0 Å². The summed E-state index contributed by atoms with van der Waals surface area (Å²) in [5.41, 5.74) is 4.33. The first kappa shape index (κ1) is 20.6. The van der Waals surface area contributed by atoms with Gasteiger partial charge in [0.2, 0.25) is 0 Å². The number of carbonyl (C=O) groups excluding carboxylic acids is 1. The number of anilines is 1. The third-order valence-electron chi connectivity index (χ3n) is 5.37. The summed E-state index contributed by atoms with van der Waals surface area (Å²) < 4.78 is 5.80. The van der Waals surface area contributed by atoms with Crippen molar-refractivity contribution in [1.82, 2.24) is 4.90 Å². The minimum absolute atomic E-state index is 0.0784. The van der Waals surface area contributed by atoms with Gasteiger partial charge in [-0.3, -0.25) is 9.69 Å². The fourth-order valence-electron chi connectivity index (χ4n) is 3.63. The van der Waals surface area contributed by atoms with Crippen molar-refractivity contribution in [1.29, 1.82) is 0 Å². The molecule has 2 heterocycles. The fraction of sp³-hybridized carbons (Fsp3) is 0.320. The van der Waals surface area contributed by atoms with E-state index in [1.54, 1.807) is 0 Å². The second kappa shape index (κ2) is 9.92. The molecule has 5 heteroatoms. The quantitative estimate of drug-likeness (QED) is 0.519. The maximum absolute atomic E-state index is 12.6. The number of nitrogens with one attached hydrogen (secondary N) is 1. The van der Waals surface area contributed by atoms with Crippen molar-refractivity contribution >= 4 is 22.9 Å². The monoisotopic (exact) mass is 420 g/mol. The minimum atomic E-state index is -0.0784. The van der Waals surface area contributed by atoms with Crippen LogP contribution in [0.4, 0.5) is 5.69 Å². The first-order valence-corrected chi connectivity index (χ1v) is 11.4. The topological polar surface area (TPSA) is 41.6 Å². The van der Waals surface area contributed by atoms with Gasteiger partial charge in [-0.15, -0.1) is 11.3 Å². The number of rotatable bonds is 7. The summed E-state index contributed by atoms with van der Waals surface area (Å²) >= 11 is 1.44. The summed E-state index contributed by atoms with van der Waals surface area (Å²) in [5, 5.41) is 4.98. The van der Waals surface area contributed by atoms with Crippen LogP contribution in [0.15, 0.2) is 60.0 Å². The van der Waals surface area contributed by atoms with Crippen molar-refractivity contribution in [2.45, 2.75) is 39.3 Å². The lowest BCUT2D eigenvalue weighted by Gasteiger charge is -2.26. The SMILES string of the molecule is Cc1ccc(OCc2csc(C(=O)Nc3ccc(CN4CCCCC4)cc3)c2)cc1. The molecular weight excluding hydrogens is 392 g/mol. The number of hydrogen-bond donors (Lipinski definition) is 1. The molecule has 1 N–H and O–H groups in total. The predicted octanol–water partition coefficient (Wildman–Crippen LogP) is 5.87. The first-order valence-electron chi connectivity index (χ1n) is 10.6. The Kier molecular flexibility index (Phi) is 6.82. The number of piperidine rings is 1. The molecule has 0 unspecified atom stereocenters. The smallest absolute Gasteiger partial charge is 0.265 e. The molecule has 2 aromatic carbocycles. The summed E-state index contributed by atoms with van der Waals surface area (Å²) in [6.07, 6.45) is 3.95. The highest BCUT2D eigenvalue weighted by Gasteiger charge is 2.12. The first-order chi connectivity index (χ1) is 14.7. The molecule has 3 aromatic rings. The number of aryl methyl sites for hydroxylation is 1. The van der Waals surface area contributed by atoms with E-state index in [0.717, 1.165) is 23.5 Å².